The Morgan fingerprint density at radius 1 is 1.43 bits per heavy atom. The minimum Gasteiger partial charge on any atom is -0.497 e. The van der Waals surface area contributed by atoms with E-state index < -0.39 is 22.2 Å². The summed E-state index contributed by atoms with van der Waals surface area (Å²) in [7, 11) is -2.23. The van der Waals surface area contributed by atoms with Crippen molar-refractivity contribution < 1.29 is 23.0 Å². The molecule has 4 N–H and O–H groups in total. The molecule has 1 aliphatic rings. The number of aliphatic hydroxyl groups excluding tert-OH is 1. The third kappa shape index (κ3) is 4.65. The van der Waals surface area contributed by atoms with E-state index in [4.69, 9.17) is 15.2 Å². The van der Waals surface area contributed by atoms with Gasteiger partial charge >= 0.3 is 0 Å². The summed E-state index contributed by atoms with van der Waals surface area (Å²) >= 11 is 0. The molecule has 0 radical (unpaired) electrons. The van der Waals surface area contributed by atoms with Crippen molar-refractivity contribution in [3.63, 3.8) is 0 Å². The number of nitrogens with two attached hydrogens (primary N) is 1. The Morgan fingerprint density at radius 2 is 2.22 bits per heavy atom. The maximum atomic E-state index is 12.5. The molecule has 23 heavy (non-hydrogen) atoms. The van der Waals surface area contributed by atoms with Gasteiger partial charge in [-0.2, -0.15) is 0 Å². The van der Waals surface area contributed by atoms with Crippen molar-refractivity contribution in [1.82, 2.24) is 4.72 Å². The molecule has 1 aromatic carbocycles. The van der Waals surface area contributed by atoms with Crippen molar-refractivity contribution in [2.45, 2.75) is 42.4 Å². The van der Waals surface area contributed by atoms with Crippen LogP contribution in [-0.4, -0.2) is 52.0 Å². The molecular formula is C15H24N2O5S. The first-order chi connectivity index (χ1) is 11.0. The fourth-order valence-corrected chi connectivity index (χ4v) is 4.03. The second kappa shape index (κ2) is 8.07. The van der Waals surface area contributed by atoms with Crippen molar-refractivity contribution >= 4 is 10.0 Å². The van der Waals surface area contributed by atoms with Gasteiger partial charge in [0.2, 0.25) is 10.0 Å². The van der Waals surface area contributed by atoms with Gasteiger partial charge in [-0.05, 0) is 37.9 Å². The predicted molar refractivity (Wildman–Crippen MR) is 85.8 cm³/mol. The van der Waals surface area contributed by atoms with Crippen LogP contribution in [0.4, 0.5) is 0 Å². The largest absolute Gasteiger partial charge is 0.497 e. The molecule has 0 spiro atoms. The van der Waals surface area contributed by atoms with Crippen LogP contribution in [0.15, 0.2) is 29.2 Å². The lowest BCUT2D eigenvalue weighted by atomic mass is 9.98. The van der Waals surface area contributed by atoms with E-state index in [9.17, 15) is 13.5 Å². The van der Waals surface area contributed by atoms with Crippen LogP contribution in [0.2, 0.25) is 0 Å². The summed E-state index contributed by atoms with van der Waals surface area (Å²) in [6.07, 6.45) is 1.40. The van der Waals surface area contributed by atoms with Crippen LogP contribution < -0.4 is 15.2 Å². The zero-order valence-corrected chi connectivity index (χ0v) is 14.0. The van der Waals surface area contributed by atoms with Gasteiger partial charge in [0.05, 0.1) is 36.9 Å². The lowest BCUT2D eigenvalue weighted by Gasteiger charge is -2.35. The summed E-state index contributed by atoms with van der Waals surface area (Å²) < 4.78 is 38.4. The minimum absolute atomic E-state index is 0.0327. The summed E-state index contributed by atoms with van der Waals surface area (Å²) in [6, 6.07) is 5.78. The number of benzene rings is 1. The Labute approximate surface area is 136 Å². The molecule has 1 heterocycles. The molecule has 1 aromatic rings. The first-order valence-electron chi connectivity index (χ1n) is 7.63. The summed E-state index contributed by atoms with van der Waals surface area (Å²) in [6.45, 7) is 0.259. The molecular weight excluding hydrogens is 320 g/mol. The van der Waals surface area contributed by atoms with E-state index in [1.54, 1.807) is 12.1 Å². The van der Waals surface area contributed by atoms with Crippen molar-refractivity contribution in [2.24, 2.45) is 5.73 Å². The Morgan fingerprint density at radius 3 is 2.87 bits per heavy atom. The number of sulfonamides is 1. The van der Waals surface area contributed by atoms with Gasteiger partial charge < -0.3 is 20.3 Å². The average molecular weight is 344 g/mol. The third-order valence-electron chi connectivity index (χ3n) is 3.94. The van der Waals surface area contributed by atoms with Gasteiger partial charge in [0.15, 0.2) is 0 Å². The normalized spacial score (nSPS) is 25.3. The molecule has 2 rings (SSSR count). The van der Waals surface area contributed by atoms with Crippen molar-refractivity contribution in [3.8, 4) is 5.75 Å². The van der Waals surface area contributed by atoms with E-state index in [1.165, 1.54) is 19.2 Å². The first-order valence-corrected chi connectivity index (χ1v) is 9.11. The molecule has 3 atom stereocenters. The highest BCUT2D eigenvalue weighted by Crippen LogP contribution is 2.24. The van der Waals surface area contributed by atoms with Crippen LogP contribution in [0.1, 0.15) is 19.3 Å². The van der Waals surface area contributed by atoms with Gasteiger partial charge in [0.25, 0.3) is 0 Å². The quantitative estimate of drug-likeness (QED) is 0.653. The monoisotopic (exact) mass is 344 g/mol. The molecule has 1 aliphatic heterocycles. The number of nitrogens with one attached hydrogen (secondary N) is 1. The van der Waals surface area contributed by atoms with E-state index in [-0.39, 0.29) is 17.6 Å². The van der Waals surface area contributed by atoms with Crippen molar-refractivity contribution in [2.75, 3.05) is 20.3 Å². The molecule has 1 saturated heterocycles. The van der Waals surface area contributed by atoms with Gasteiger partial charge in [-0.1, -0.05) is 6.07 Å². The lowest BCUT2D eigenvalue weighted by molar-refractivity contribution is -0.0867. The van der Waals surface area contributed by atoms with E-state index in [0.29, 0.717) is 31.6 Å². The highest BCUT2D eigenvalue weighted by atomic mass is 32.2. The van der Waals surface area contributed by atoms with E-state index in [1.807, 2.05) is 0 Å². The topological polar surface area (TPSA) is 111 Å². The van der Waals surface area contributed by atoms with Gasteiger partial charge in [-0.25, -0.2) is 13.1 Å². The number of methoxy groups -OCH3 is 1. The number of ether oxygens (including phenoxy) is 2. The lowest BCUT2D eigenvalue weighted by Crippen LogP contribution is -2.51. The number of hydrogen-bond donors (Lipinski definition) is 3. The van der Waals surface area contributed by atoms with Crippen molar-refractivity contribution in [1.29, 1.82) is 0 Å². The van der Waals surface area contributed by atoms with E-state index >= 15 is 0 Å². The number of hydrogen-bond acceptors (Lipinski definition) is 6. The standard InChI is InChI=1S/C15H24N2O5S/c1-21-12-3-2-4-13(9-12)23(19,20)17-14-6-5-11(7-8-16)22-15(14)10-18/h2-4,9,11,14-15,17-18H,5-8,10,16H2,1H3/t11-,14+,15+/m1/s1. The summed E-state index contributed by atoms with van der Waals surface area (Å²) in [5.41, 5.74) is 5.52. The second-order valence-corrected chi connectivity index (χ2v) is 7.25. The summed E-state index contributed by atoms with van der Waals surface area (Å²) in [4.78, 5) is 0.123. The first kappa shape index (κ1) is 18.2. The number of rotatable bonds is 7. The van der Waals surface area contributed by atoms with Crippen LogP contribution in [0, 0.1) is 0 Å². The Kier molecular flexibility index (Phi) is 6.37. The molecule has 0 bridgehead atoms. The van der Waals surface area contributed by atoms with Gasteiger partial charge in [-0.15, -0.1) is 0 Å². The molecule has 0 saturated carbocycles. The maximum absolute atomic E-state index is 12.5. The molecule has 0 amide bonds. The highest BCUT2D eigenvalue weighted by Gasteiger charge is 2.33. The molecule has 0 unspecified atom stereocenters. The molecule has 1 fully saturated rings. The van der Waals surface area contributed by atoms with Crippen LogP contribution in [-0.2, 0) is 14.8 Å². The van der Waals surface area contributed by atoms with E-state index in [2.05, 4.69) is 4.72 Å². The Balaban J connectivity index is 2.10. The smallest absolute Gasteiger partial charge is 0.241 e. The van der Waals surface area contributed by atoms with Crippen LogP contribution >= 0.6 is 0 Å². The van der Waals surface area contributed by atoms with Gasteiger partial charge in [0.1, 0.15) is 5.75 Å². The average Bonchev–Trinajstić information content (AvgIpc) is 2.56. The summed E-state index contributed by atoms with van der Waals surface area (Å²) in [5, 5.41) is 9.49. The molecule has 7 nitrogen and oxygen atoms in total. The van der Waals surface area contributed by atoms with Crippen molar-refractivity contribution in [3.05, 3.63) is 24.3 Å². The fourth-order valence-electron chi connectivity index (χ4n) is 2.70. The third-order valence-corrected chi connectivity index (χ3v) is 5.43. The fraction of sp³-hybridized carbons (Fsp3) is 0.600. The molecule has 0 aromatic heterocycles. The molecule has 0 aliphatic carbocycles. The Bertz CT molecular complexity index is 608. The second-order valence-electron chi connectivity index (χ2n) is 5.54. The minimum atomic E-state index is -3.71. The van der Waals surface area contributed by atoms with Crippen LogP contribution in [0.25, 0.3) is 0 Å². The zero-order chi connectivity index (χ0) is 16.9. The van der Waals surface area contributed by atoms with Crippen LogP contribution in [0.5, 0.6) is 5.75 Å². The summed E-state index contributed by atoms with van der Waals surface area (Å²) in [5.74, 6) is 0.467. The Hall–Kier alpha value is -1.19. The van der Waals surface area contributed by atoms with Gasteiger partial charge in [-0.3, -0.25) is 0 Å². The highest BCUT2D eigenvalue weighted by molar-refractivity contribution is 7.89. The van der Waals surface area contributed by atoms with Crippen LogP contribution in [0.3, 0.4) is 0 Å². The maximum Gasteiger partial charge on any atom is 0.241 e. The number of aliphatic hydroxyl groups is 1. The van der Waals surface area contributed by atoms with Gasteiger partial charge in [0, 0.05) is 6.07 Å². The predicted octanol–water partition coefficient (Wildman–Crippen LogP) is 0.231. The zero-order valence-electron chi connectivity index (χ0n) is 13.1. The molecule has 130 valence electrons. The van der Waals surface area contributed by atoms with E-state index in [0.717, 1.165) is 0 Å². The molecule has 8 heteroatoms. The SMILES string of the molecule is COc1cccc(S(=O)(=O)N[C@H]2CC[C@H](CCN)O[C@H]2CO)c1.